The molecule has 0 unspecified atom stereocenters. The Morgan fingerprint density at radius 2 is 1.91 bits per heavy atom. The number of benzene rings is 1. The summed E-state index contributed by atoms with van der Waals surface area (Å²) in [6.07, 6.45) is 2.26. The fraction of sp³-hybridized carbons (Fsp3) is 0.222. The van der Waals surface area contributed by atoms with Crippen molar-refractivity contribution in [3.8, 4) is 11.8 Å². The summed E-state index contributed by atoms with van der Waals surface area (Å²) in [5, 5.41) is 0. The van der Waals surface area contributed by atoms with Crippen LogP contribution in [0.5, 0.6) is 0 Å². The number of carbonyl (C=O) groups excluding carboxylic acids is 1. The third-order valence-electron chi connectivity index (χ3n) is 3.43. The third kappa shape index (κ3) is 3.64. The molecule has 1 aromatic carbocycles. The quantitative estimate of drug-likeness (QED) is 0.816. The van der Waals surface area contributed by atoms with E-state index in [1.165, 1.54) is 0 Å². The molecule has 1 fully saturated rings. The van der Waals surface area contributed by atoms with Gasteiger partial charge < -0.3 is 9.64 Å². The minimum atomic E-state index is -0.231. The van der Waals surface area contributed by atoms with Crippen molar-refractivity contribution in [1.82, 2.24) is 9.88 Å². The number of rotatable bonds is 3. The minimum absolute atomic E-state index is 0.231. The van der Waals surface area contributed by atoms with Crippen LogP contribution in [0.2, 0.25) is 0 Å². The molecule has 3 rings (SSSR count). The van der Waals surface area contributed by atoms with E-state index in [2.05, 4.69) is 16.8 Å². The summed E-state index contributed by atoms with van der Waals surface area (Å²) in [6, 6.07) is 13.8. The summed E-state index contributed by atoms with van der Waals surface area (Å²) < 4.78 is 4.90. The number of hydrogen-bond donors (Lipinski definition) is 0. The summed E-state index contributed by atoms with van der Waals surface area (Å²) in [6.45, 7) is 1.79. The molecule has 1 aromatic heterocycles. The molecule has 1 aliphatic rings. The molecule has 1 aliphatic heterocycles. The van der Waals surface area contributed by atoms with Crippen molar-refractivity contribution in [2.75, 3.05) is 19.7 Å². The first-order chi connectivity index (χ1) is 10.8. The van der Waals surface area contributed by atoms with Crippen LogP contribution >= 0.6 is 0 Å². The third-order valence-corrected chi connectivity index (χ3v) is 3.43. The van der Waals surface area contributed by atoms with Crippen molar-refractivity contribution < 1.29 is 9.53 Å². The monoisotopic (exact) mass is 292 g/mol. The van der Waals surface area contributed by atoms with E-state index in [9.17, 15) is 4.79 Å². The molecule has 0 aliphatic carbocycles. The predicted octanol–water partition coefficient (Wildman–Crippen LogP) is 2.48. The van der Waals surface area contributed by atoms with Crippen LogP contribution in [0.1, 0.15) is 16.8 Å². The van der Waals surface area contributed by atoms with Gasteiger partial charge in [-0.15, -0.1) is 0 Å². The van der Waals surface area contributed by atoms with Gasteiger partial charge in [0.15, 0.2) is 0 Å². The molecule has 2 heterocycles. The number of hydrogen-bond acceptors (Lipinski definition) is 3. The van der Waals surface area contributed by atoms with Crippen molar-refractivity contribution in [3.05, 3.63) is 65.5 Å². The lowest BCUT2D eigenvalue weighted by molar-refractivity contribution is 0.158. The van der Waals surface area contributed by atoms with Gasteiger partial charge in [-0.2, -0.15) is 0 Å². The molecule has 0 atom stereocenters. The number of pyridine rings is 1. The number of carbonyl (C=O) groups is 1. The molecule has 1 saturated heterocycles. The molecule has 0 saturated carbocycles. The Morgan fingerprint density at radius 1 is 1.09 bits per heavy atom. The van der Waals surface area contributed by atoms with Gasteiger partial charge in [0.25, 0.3) is 0 Å². The highest BCUT2D eigenvalue weighted by Gasteiger charge is 2.21. The standard InChI is InChI=1S/C18H16N2O2/c21-18-20(12-13-22-18)11-10-17-9-8-16(14-19-17)7-6-15-4-2-1-3-5-15/h1-5,8-9,14H,10-13H2. The van der Waals surface area contributed by atoms with E-state index in [1.54, 1.807) is 11.1 Å². The molecule has 4 heteroatoms. The molecule has 2 aromatic rings. The zero-order valence-corrected chi connectivity index (χ0v) is 12.2. The number of ether oxygens (including phenoxy) is 1. The number of amides is 1. The fourth-order valence-electron chi connectivity index (χ4n) is 2.19. The van der Waals surface area contributed by atoms with Gasteiger partial charge in [0.05, 0.1) is 6.54 Å². The maximum atomic E-state index is 11.3. The van der Waals surface area contributed by atoms with Crippen LogP contribution in [0, 0.1) is 11.8 Å². The van der Waals surface area contributed by atoms with Gasteiger partial charge in [0.2, 0.25) is 0 Å². The number of aromatic nitrogens is 1. The highest BCUT2D eigenvalue weighted by Crippen LogP contribution is 2.06. The van der Waals surface area contributed by atoms with Gasteiger partial charge in [-0.25, -0.2) is 4.79 Å². The highest BCUT2D eigenvalue weighted by molar-refractivity contribution is 5.69. The molecule has 1 amide bonds. The second-order valence-corrected chi connectivity index (χ2v) is 5.01. The first-order valence-corrected chi connectivity index (χ1v) is 7.25. The highest BCUT2D eigenvalue weighted by atomic mass is 16.6. The van der Waals surface area contributed by atoms with Gasteiger partial charge in [0, 0.05) is 36.0 Å². The molecule has 0 bridgehead atoms. The van der Waals surface area contributed by atoms with Crippen molar-refractivity contribution in [3.63, 3.8) is 0 Å². The van der Waals surface area contributed by atoms with Crippen LogP contribution in [-0.2, 0) is 11.2 Å². The van der Waals surface area contributed by atoms with Crippen molar-refractivity contribution in [2.24, 2.45) is 0 Å². The lowest BCUT2D eigenvalue weighted by Crippen LogP contribution is -2.26. The van der Waals surface area contributed by atoms with E-state index in [0.717, 1.165) is 23.2 Å². The van der Waals surface area contributed by atoms with E-state index in [-0.39, 0.29) is 6.09 Å². The van der Waals surface area contributed by atoms with E-state index in [4.69, 9.17) is 4.74 Å². The van der Waals surface area contributed by atoms with Crippen molar-refractivity contribution in [2.45, 2.75) is 6.42 Å². The first kappa shape index (κ1) is 14.2. The fourth-order valence-corrected chi connectivity index (χ4v) is 2.19. The SMILES string of the molecule is O=C1OCCN1CCc1ccc(C#Cc2ccccc2)cn1. The second-order valence-electron chi connectivity index (χ2n) is 5.01. The molecule has 0 spiro atoms. The molecule has 0 N–H and O–H groups in total. The topological polar surface area (TPSA) is 42.4 Å². The van der Waals surface area contributed by atoms with Crippen LogP contribution in [0.25, 0.3) is 0 Å². The Hall–Kier alpha value is -2.80. The van der Waals surface area contributed by atoms with Gasteiger partial charge in [-0.3, -0.25) is 4.98 Å². The van der Waals surface area contributed by atoms with Gasteiger partial charge in [-0.1, -0.05) is 30.0 Å². The Balaban J connectivity index is 1.58. The summed E-state index contributed by atoms with van der Waals surface area (Å²) in [4.78, 5) is 17.4. The maximum Gasteiger partial charge on any atom is 0.409 e. The smallest absolute Gasteiger partial charge is 0.409 e. The van der Waals surface area contributed by atoms with Crippen LogP contribution in [0.4, 0.5) is 4.79 Å². The van der Waals surface area contributed by atoms with Crippen LogP contribution in [-0.4, -0.2) is 35.7 Å². The van der Waals surface area contributed by atoms with E-state index < -0.39 is 0 Å². The van der Waals surface area contributed by atoms with Crippen molar-refractivity contribution >= 4 is 6.09 Å². The van der Waals surface area contributed by atoms with Crippen molar-refractivity contribution in [1.29, 1.82) is 0 Å². The zero-order valence-electron chi connectivity index (χ0n) is 12.2. The first-order valence-electron chi connectivity index (χ1n) is 7.25. The Labute approximate surface area is 129 Å². The normalized spacial score (nSPS) is 13.5. The number of cyclic esters (lactones) is 1. The van der Waals surface area contributed by atoms with Crippen LogP contribution in [0.3, 0.4) is 0 Å². The molecule has 0 radical (unpaired) electrons. The summed E-state index contributed by atoms with van der Waals surface area (Å²) in [5.74, 6) is 6.20. The van der Waals surface area contributed by atoms with Crippen LogP contribution in [0.15, 0.2) is 48.7 Å². The van der Waals surface area contributed by atoms with Crippen LogP contribution < -0.4 is 0 Å². The van der Waals surface area contributed by atoms with E-state index in [0.29, 0.717) is 19.7 Å². The second kappa shape index (κ2) is 6.77. The van der Waals surface area contributed by atoms with E-state index >= 15 is 0 Å². The lowest BCUT2D eigenvalue weighted by atomic mass is 10.2. The summed E-state index contributed by atoms with van der Waals surface area (Å²) in [5.41, 5.74) is 2.82. The molecular formula is C18H16N2O2. The molecule has 4 nitrogen and oxygen atoms in total. The molecule has 110 valence electrons. The van der Waals surface area contributed by atoms with Gasteiger partial charge in [0.1, 0.15) is 6.61 Å². The maximum absolute atomic E-state index is 11.3. The summed E-state index contributed by atoms with van der Waals surface area (Å²) >= 11 is 0. The summed E-state index contributed by atoms with van der Waals surface area (Å²) in [7, 11) is 0. The Morgan fingerprint density at radius 3 is 2.59 bits per heavy atom. The zero-order chi connectivity index (χ0) is 15.2. The predicted molar refractivity (Wildman–Crippen MR) is 83.3 cm³/mol. The van der Waals surface area contributed by atoms with E-state index in [1.807, 2.05) is 42.5 Å². The molecular weight excluding hydrogens is 276 g/mol. The largest absolute Gasteiger partial charge is 0.448 e. The average Bonchev–Trinajstić information content (AvgIpc) is 2.98. The van der Waals surface area contributed by atoms with Gasteiger partial charge in [-0.05, 0) is 24.3 Å². The Bertz CT molecular complexity index is 699. The lowest BCUT2D eigenvalue weighted by Gasteiger charge is -2.11. The Kier molecular flexibility index (Phi) is 4.35. The average molecular weight is 292 g/mol. The number of nitrogens with zero attached hydrogens (tertiary/aromatic N) is 2. The molecule has 22 heavy (non-hydrogen) atoms. The van der Waals surface area contributed by atoms with Gasteiger partial charge >= 0.3 is 6.09 Å². The minimum Gasteiger partial charge on any atom is -0.448 e.